The van der Waals surface area contributed by atoms with Crippen molar-refractivity contribution in [2.75, 3.05) is 32.8 Å². The summed E-state index contributed by atoms with van der Waals surface area (Å²) in [6.07, 6.45) is 1.34. The highest BCUT2D eigenvalue weighted by Crippen LogP contribution is 2.17. The number of ether oxygens (including phenoxy) is 1. The summed E-state index contributed by atoms with van der Waals surface area (Å²) in [6, 6.07) is 5.84. The third-order valence-corrected chi connectivity index (χ3v) is 5.12. The minimum atomic E-state index is -0.340. The molecule has 2 amide bonds. The number of rotatable bonds is 3. The first kappa shape index (κ1) is 18.5. The van der Waals surface area contributed by atoms with E-state index in [0.717, 1.165) is 12.8 Å². The monoisotopic (exact) mass is 387 g/mol. The Morgan fingerprint density at radius 1 is 1.11 bits per heavy atom. The minimum Gasteiger partial charge on any atom is -0.368 e. The van der Waals surface area contributed by atoms with E-state index in [0.29, 0.717) is 44.3 Å². The third-order valence-electron chi connectivity index (χ3n) is 5.12. The molecule has 0 bridgehead atoms. The van der Waals surface area contributed by atoms with E-state index >= 15 is 0 Å². The number of halogens is 1. The van der Waals surface area contributed by atoms with Gasteiger partial charge in [0.15, 0.2) is 0 Å². The Morgan fingerprint density at radius 3 is 2.43 bits per heavy atom. The van der Waals surface area contributed by atoms with Gasteiger partial charge in [-0.2, -0.15) is 0 Å². The van der Waals surface area contributed by atoms with Crippen LogP contribution in [-0.2, 0) is 9.53 Å². The topological polar surface area (TPSA) is 80.6 Å². The normalized spacial score (nSPS) is 19.9. The van der Waals surface area contributed by atoms with E-state index in [1.807, 2.05) is 0 Å². The average Bonchev–Trinajstić information content (AvgIpc) is 3.38. The standard InChI is InChI=1S/C19H22FN5O3/c1-13-21-17(22-25(13)15-6-4-14(20)5-7-15)19(27)24-10-8-23(9-11-24)18(26)16-3-2-12-28-16/h4-7,16H,2-3,8-12H2,1H3. The fraction of sp³-hybridized carbons (Fsp3) is 0.474. The van der Waals surface area contributed by atoms with E-state index < -0.39 is 0 Å². The summed E-state index contributed by atoms with van der Waals surface area (Å²) in [4.78, 5) is 32.9. The van der Waals surface area contributed by atoms with Crippen LogP contribution in [0.1, 0.15) is 29.3 Å². The van der Waals surface area contributed by atoms with Gasteiger partial charge < -0.3 is 14.5 Å². The van der Waals surface area contributed by atoms with Gasteiger partial charge in [0.05, 0.1) is 5.69 Å². The second-order valence-electron chi connectivity index (χ2n) is 6.99. The first-order chi connectivity index (χ1) is 13.5. The van der Waals surface area contributed by atoms with Gasteiger partial charge in [-0.3, -0.25) is 9.59 Å². The number of benzene rings is 1. The van der Waals surface area contributed by atoms with E-state index in [2.05, 4.69) is 10.1 Å². The third kappa shape index (κ3) is 3.62. The molecule has 2 aliphatic heterocycles. The molecule has 3 heterocycles. The predicted octanol–water partition coefficient (Wildman–Crippen LogP) is 1.18. The summed E-state index contributed by atoms with van der Waals surface area (Å²) in [7, 11) is 0. The van der Waals surface area contributed by atoms with Crippen LogP contribution in [0, 0.1) is 12.7 Å². The highest BCUT2D eigenvalue weighted by Gasteiger charge is 2.32. The number of carbonyl (C=O) groups is 2. The van der Waals surface area contributed by atoms with Gasteiger partial charge in [0.1, 0.15) is 17.7 Å². The Morgan fingerprint density at radius 2 is 1.79 bits per heavy atom. The highest BCUT2D eigenvalue weighted by atomic mass is 19.1. The van der Waals surface area contributed by atoms with E-state index in [9.17, 15) is 14.0 Å². The van der Waals surface area contributed by atoms with Crippen molar-refractivity contribution in [3.63, 3.8) is 0 Å². The Kier molecular flexibility index (Phi) is 5.08. The molecule has 1 aromatic heterocycles. The van der Waals surface area contributed by atoms with E-state index in [4.69, 9.17) is 4.74 Å². The van der Waals surface area contributed by atoms with Crippen LogP contribution in [0.3, 0.4) is 0 Å². The summed E-state index contributed by atoms with van der Waals surface area (Å²) < 4.78 is 20.1. The highest BCUT2D eigenvalue weighted by molar-refractivity contribution is 5.91. The summed E-state index contributed by atoms with van der Waals surface area (Å²) in [5.74, 6) is 0.0449. The fourth-order valence-electron chi connectivity index (χ4n) is 3.55. The first-order valence-electron chi connectivity index (χ1n) is 9.42. The van der Waals surface area contributed by atoms with E-state index in [1.165, 1.54) is 16.8 Å². The zero-order valence-corrected chi connectivity index (χ0v) is 15.7. The summed E-state index contributed by atoms with van der Waals surface area (Å²) in [5, 5.41) is 4.29. The molecule has 148 valence electrons. The lowest BCUT2D eigenvalue weighted by atomic mass is 10.2. The maximum Gasteiger partial charge on any atom is 0.293 e. The maximum absolute atomic E-state index is 13.1. The molecule has 0 spiro atoms. The van der Waals surface area contributed by atoms with Crippen LogP contribution in [0.5, 0.6) is 0 Å². The molecule has 4 rings (SSSR count). The van der Waals surface area contributed by atoms with Crippen molar-refractivity contribution in [1.82, 2.24) is 24.6 Å². The number of hydrogen-bond acceptors (Lipinski definition) is 5. The van der Waals surface area contributed by atoms with Crippen LogP contribution in [0.4, 0.5) is 4.39 Å². The zero-order chi connectivity index (χ0) is 19.7. The lowest BCUT2D eigenvalue weighted by molar-refractivity contribution is -0.142. The lowest BCUT2D eigenvalue weighted by Gasteiger charge is -2.35. The van der Waals surface area contributed by atoms with Crippen LogP contribution in [0.2, 0.25) is 0 Å². The van der Waals surface area contributed by atoms with Crippen LogP contribution in [0.25, 0.3) is 5.69 Å². The number of aryl methyl sites for hydroxylation is 1. The fourth-order valence-corrected chi connectivity index (χ4v) is 3.55. The number of nitrogens with zero attached hydrogens (tertiary/aromatic N) is 5. The average molecular weight is 387 g/mol. The largest absolute Gasteiger partial charge is 0.368 e. The summed E-state index contributed by atoms with van der Waals surface area (Å²) >= 11 is 0. The Bertz CT molecular complexity index is 868. The molecule has 0 radical (unpaired) electrons. The van der Waals surface area contributed by atoms with Crippen LogP contribution < -0.4 is 0 Å². The SMILES string of the molecule is Cc1nc(C(=O)N2CCN(C(=O)C3CCCO3)CC2)nn1-c1ccc(F)cc1. The van der Waals surface area contributed by atoms with Crippen LogP contribution >= 0.6 is 0 Å². The molecule has 2 fully saturated rings. The number of hydrogen-bond donors (Lipinski definition) is 0. The van der Waals surface area contributed by atoms with Crippen molar-refractivity contribution in [3.8, 4) is 5.69 Å². The molecule has 0 aliphatic carbocycles. The molecule has 9 heteroatoms. The van der Waals surface area contributed by atoms with E-state index in [-0.39, 0.29) is 29.6 Å². The molecule has 8 nitrogen and oxygen atoms in total. The van der Waals surface area contributed by atoms with Gasteiger partial charge in [-0.15, -0.1) is 5.10 Å². The zero-order valence-electron chi connectivity index (χ0n) is 15.7. The van der Waals surface area contributed by atoms with Crippen LogP contribution in [0.15, 0.2) is 24.3 Å². The van der Waals surface area contributed by atoms with Gasteiger partial charge in [-0.05, 0) is 44.0 Å². The van der Waals surface area contributed by atoms with Gasteiger partial charge in [-0.25, -0.2) is 14.1 Å². The smallest absolute Gasteiger partial charge is 0.293 e. The Hall–Kier alpha value is -2.81. The van der Waals surface area contributed by atoms with Crippen LogP contribution in [-0.4, -0.2) is 75.3 Å². The quantitative estimate of drug-likeness (QED) is 0.790. The number of amides is 2. The van der Waals surface area contributed by atoms with Crippen molar-refractivity contribution < 1.29 is 18.7 Å². The summed E-state index contributed by atoms with van der Waals surface area (Å²) in [6.45, 7) is 4.19. The molecule has 2 saturated heterocycles. The van der Waals surface area contributed by atoms with Gasteiger partial charge in [-0.1, -0.05) is 0 Å². The van der Waals surface area contributed by atoms with E-state index in [1.54, 1.807) is 28.9 Å². The first-order valence-corrected chi connectivity index (χ1v) is 9.42. The second kappa shape index (κ2) is 7.67. The summed E-state index contributed by atoms with van der Waals surface area (Å²) in [5.41, 5.74) is 0.637. The van der Waals surface area contributed by atoms with Gasteiger partial charge in [0.2, 0.25) is 5.82 Å². The van der Waals surface area contributed by atoms with Crippen molar-refractivity contribution in [2.24, 2.45) is 0 Å². The molecular weight excluding hydrogens is 365 g/mol. The Labute approximate surface area is 161 Å². The second-order valence-corrected chi connectivity index (χ2v) is 6.99. The molecule has 0 N–H and O–H groups in total. The molecular formula is C19H22FN5O3. The van der Waals surface area contributed by atoms with Gasteiger partial charge in [0.25, 0.3) is 11.8 Å². The van der Waals surface area contributed by atoms with Crippen molar-refractivity contribution in [1.29, 1.82) is 0 Å². The molecule has 2 aromatic rings. The molecule has 1 atom stereocenters. The molecule has 28 heavy (non-hydrogen) atoms. The maximum atomic E-state index is 13.1. The predicted molar refractivity (Wildman–Crippen MR) is 97.5 cm³/mol. The minimum absolute atomic E-state index is 0.0131. The number of carbonyl (C=O) groups excluding carboxylic acids is 2. The van der Waals surface area contributed by atoms with Crippen molar-refractivity contribution in [2.45, 2.75) is 25.9 Å². The van der Waals surface area contributed by atoms with Gasteiger partial charge >= 0.3 is 0 Å². The lowest BCUT2D eigenvalue weighted by Crippen LogP contribution is -2.53. The Balaban J connectivity index is 1.41. The molecule has 0 saturated carbocycles. The number of piperazine rings is 1. The molecule has 1 unspecified atom stereocenters. The molecule has 2 aliphatic rings. The van der Waals surface area contributed by atoms with Gasteiger partial charge in [0, 0.05) is 32.8 Å². The van der Waals surface area contributed by atoms with Crippen molar-refractivity contribution >= 4 is 11.8 Å². The number of aromatic nitrogens is 3. The molecule has 1 aromatic carbocycles. The van der Waals surface area contributed by atoms with Crippen molar-refractivity contribution in [3.05, 3.63) is 41.7 Å².